The summed E-state index contributed by atoms with van der Waals surface area (Å²) >= 11 is 0. The van der Waals surface area contributed by atoms with Gasteiger partial charge in [0.05, 0.1) is 5.69 Å². The van der Waals surface area contributed by atoms with Crippen molar-refractivity contribution >= 4 is 11.4 Å². The minimum absolute atomic E-state index is 0.0607. The van der Waals surface area contributed by atoms with E-state index in [1.807, 2.05) is 4.90 Å². The molecule has 0 aromatic heterocycles. The molecule has 1 saturated heterocycles. The van der Waals surface area contributed by atoms with Crippen molar-refractivity contribution in [1.29, 1.82) is 0 Å². The molecule has 98 valence electrons. The number of hydrogen-bond acceptors (Lipinski definition) is 4. The second-order valence-electron chi connectivity index (χ2n) is 4.37. The van der Waals surface area contributed by atoms with Gasteiger partial charge < -0.3 is 15.3 Å². The number of nitrogens with one attached hydrogen (secondary N) is 1. The lowest BCUT2D eigenvalue weighted by Crippen LogP contribution is -2.43. The van der Waals surface area contributed by atoms with Crippen molar-refractivity contribution in [3.63, 3.8) is 0 Å². The molecule has 2 N–H and O–H groups in total. The fourth-order valence-electron chi connectivity index (χ4n) is 2.11. The standard InChI is InChI=1S/C13H18FN3O/c1-9(15-2)10-7-12(11(14)8-13(10)18)17-5-3-16-4-6-17/h7-8,16,18H,3-6H2,1-2H3. The average molecular weight is 251 g/mol. The SMILES string of the molecule is CN=C(C)c1cc(N2CCNCC2)c(F)cc1O. The monoisotopic (exact) mass is 251 g/mol. The van der Waals surface area contributed by atoms with E-state index in [0.717, 1.165) is 26.2 Å². The van der Waals surface area contributed by atoms with Crippen molar-refractivity contribution in [2.45, 2.75) is 6.92 Å². The van der Waals surface area contributed by atoms with E-state index >= 15 is 0 Å². The second-order valence-corrected chi connectivity index (χ2v) is 4.37. The van der Waals surface area contributed by atoms with Crippen molar-refractivity contribution in [3.05, 3.63) is 23.5 Å². The number of rotatable bonds is 2. The number of aromatic hydroxyl groups is 1. The number of phenolic OH excluding ortho intramolecular Hbond substituents is 1. The Balaban J connectivity index is 2.40. The van der Waals surface area contributed by atoms with Gasteiger partial charge in [0, 0.05) is 50.6 Å². The number of halogens is 1. The Bertz CT molecular complexity index is 468. The van der Waals surface area contributed by atoms with Crippen LogP contribution in [0.15, 0.2) is 17.1 Å². The highest BCUT2D eigenvalue weighted by molar-refractivity contribution is 6.01. The summed E-state index contributed by atoms with van der Waals surface area (Å²) in [5.41, 5.74) is 1.82. The molecule has 0 radical (unpaired) electrons. The molecule has 0 amide bonds. The first-order chi connectivity index (χ1) is 8.63. The zero-order chi connectivity index (χ0) is 13.1. The third kappa shape index (κ3) is 2.46. The quantitative estimate of drug-likeness (QED) is 0.781. The molecule has 2 rings (SSSR count). The molecule has 0 aliphatic carbocycles. The van der Waals surface area contributed by atoms with E-state index < -0.39 is 0 Å². The maximum Gasteiger partial charge on any atom is 0.150 e. The second kappa shape index (κ2) is 5.35. The smallest absolute Gasteiger partial charge is 0.150 e. The first-order valence-electron chi connectivity index (χ1n) is 6.05. The molecule has 0 atom stereocenters. The molecular weight excluding hydrogens is 233 g/mol. The summed E-state index contributed by atoms with van der Waals surface area (Å²) in [7, 11) is 1.66. The molecule has 1 aliphatic heterocycles. The topological polar surface area (TPSA) is 47.9 Å². The highest BCUT2D eigenvalue weighted by Gasteiger charge is 2.18. The lowest BCUT2D eigenvalue weighted by molar-refractivity contribution is 0.467. The predicted molar refractivity (Wildman–Crippen MR) is 71.3 cm³/mol. The number of benzene rings is 1. The van der Waals surface area contributed by atoms with Gasteiger partial charge in [0.25, 0.3) is 0 Å². The highest BCUT2D eigenvalue weighted by atomic mass is 19.1. The van der Waals surface area contributed by atoms with Crippen LogP contribution in [-0.4, -0.2) is 44.0 Å². The van der Waals surface area contributed by atoms with Crippen LogP contribution in [0.1, 0.15) is 12.5 Å². The average Bonchev–Trinajstić information content (AvgIpc) is 2.39. The Morgan fingerprint density at radius 1 is 1.39 bits per heavy atom. The Labute approximate surface area is 106 Å². The lowest BCUT2D eigenvalue weighted by Gasteiger charge is -2.30. The van der Waals surface area contributed by atoms with Crippen LogP contribution in [-0.2, 0) is 0 Å². The summed E-state index contributed by atoms with van der Waals surface area (Å²) in [4.78, 5) is 6.02. The maximum atomic E-state index is 13.9. The van der Waals surface area contributed by atoms with Crippen molar-refractivity contribution in [1.82, 2.24) is 5.32 Å². The van der Waals surface area contributed by atoms with E-state index in [1.54, 1.807) is 20.0 Å². The first kappa shape index (κ1) is 12.8. The van der Waals surface area contributed by atoms with Crippen LogP contribution in [0, 0.1) is 5.82 Å². The zero-order valence-electron chi connectivity index (χ0n) is 10.7. The summed E-state index contributed by atoms with van der Waals surface area (Å²) in [5, 5.41) is 13.0. The number of hydrogen-bond donors (Lipinski definition) is 2. The van der Waals surface area contributed by atoms with Gasteiger partial charge in [0.1, 0.15) is 11.6 Å². The number of nitrogens with zero attached hydrogens (tertiary/aromatic N) is 2. The molecule has 0 spiro atoms. The van der Waals surface area contributed by atoms with Gasteiger partial charge in [0.15, 0.2) is 0 Å². The minimum atomic E-state index is -0.387. The molecule has 0 saturated carbocycles. The van der Waals surface area contributed by atoms with Crippen LogP contribution in [0.4, 0.5) is 10.1 Å². The van der Waals surface area contributed by atoms with Crippen LogP contribution in [0.5, 0.6) is 5.75 Å². The van der Waals surface area contributed by atoms with E-state index in [4.69, 9.17) is 0 Å². The Hall–Kier alpha value is -1.62. The van der Waals surface area contributed by atoms with Gasteiger partial charge in [-0.05, 0) is 13.0 Å². The summed E-state index contributed by atoms with van der Waals surface area (Å²) in [6.45, 7) is 5.02. The molecule has 1 aromatic rings. The normalized spacial score (nSPS) is 17.1. The Morgan fingerprint density at radius 3 is 2.67 bits per heavy atom. The summed E-state index contributed by atoms with van der Waals surface area (Å²) < 4.78 is 13.9. The molecule has 4 nitrogen and oxygen atoms in total. The lowest BCUT2D eigenvalue weighted by atomic mass is 10.1. The largest absolute Gasteiger partial charge is 0.507 e. The van der Waals surface area contributed by atoms with Crippen LogP contribution >= 0.6 is 0 Å². The van der Waals surface area contributed by atoms with Crippen LogP contribution in [0.25, 0.3) is 0 Å². The minimum Gasteiger partial charge on any atom is -0.507 e. The number of anilines is 1. The van der Waals surface area contributed by atoms with Gasteiger partial charge in [-0.25, -0.2) is 4.39 Å². The summed E-state index contributed by atoms with van der Waals surface area (Å²) in [5.74, 6) is -0.448. The molecule has 18 heavy (non-hydrogen) atoms. The number of phenols is 1. The van der Waals surface area contributed by atoms with E-state index in [2.05, 4.69) is 10.3 Å². The highest BCUT2D eigenvalue weighted by Crippen LogP contribution is 2.28. The number of piperazine rings is 1. The molecule has 5 heteroatoms. The van der Waals surface area contributed by atoms with Crippen molar-refractivity contribution in [3.8, 4) is 5.75 Å². The van der Waals surface area contributed by atoms with Crippen LogP contribution < -0.4 is 10.2 Å². The van der Waals surface area contributed by atoms with E-state index in [1.165, 1.54) is 6.07 Å². The molecule has 1 aromatic carbocycles. The Kier molecular flexibility index (Phi) is 3.81. The fraction of sp³-hybridized carbons (Fsp3) is 0.462. The van der Waals surface area contributed by atoms with Crippen molar-refractivity contribution in [2.24, 2.45) is 4.99 Å². The molecule has 0 bridgehead atoms. The van der Waals surface area contributed by atoms with Crippen molar-refractivity contribution in [2.75, 3.05) is 38.1 Å². The van der Waals surface area contributed by atoms with Gasteiger partial charge in [-0.2, -0.15) is 0 Å². The van der Waals surface area contributed by atoms with Crippen LogP contribution in [0.2, 0.25) is 0 Å². The Morgan fingerprint density at radius 2 is 2.06 bits per heavy atom. The molecule has 1 fully saturated rings. The van der Waals surface area contributed by atoms with E-state index in [-0.39, 0.29) is 11.6 Å². The van der Waals surface area contributed by atoms with E-state index in [9.17, 15) is 9.50 Å². The van der Waals surface area contributed by atoms with Crippen LogP contribution in [0.3, 0.4) is 0 Å². The molecule has 0 unspecified atom stereocenters. The number of aliphatic imine (C=N–C) groups is 1. The van der Waals surface area contributed by atoms with Gasteiger partial charge in [-0.3, -0.25) is 4.99 Å². The first-order valence-corrected chi connectivity index (χ1v) is 6.05. The van der Waals surface area contributed by atoms with Gasteiger partial charge >= 0.3 is 0 Å². The predicted octanol–water partition coefficient (Wildman–Crippen LogP) is 1.38. The summed E-state index contributed by atoms with van der Waals surface area (Å²) in [6.07, 6.45) is 0. The van der Waals surface area contributed by atoms with E-state index in [0.29, 0.717) is 17.0 Å². The summed E-state index contributed by atoms with van der Waals surface area (Å²) in [6, 6.07) is 2.85. The molecular formula is C13H18FN3O. The third-order valence-electron chi connectivity index (χ3n) is 3.25. The van der Waals surface area contributed by atoms with Crippen molar-refractivity contribution < 1.29 is 9.50 Å². The zero-order valence-corrected chi connectivity index (χ0v) is 10.7. The molecule has 1 heterocycles. The fourth-order valence-corrected chi connectivity index (χ4v) is 2.11. The molecule has 1 aliphatic rings. The van der Waals surface area contributed by atoms with Gasteiger partial charge in [0.2, 0.25) is 0 Å². The third-order valence-corrected chi connectivity index (χ3v) is 3.25. The van der Waals surface area contributed by atoms with Gasteiger partial charge in [-0.1, -0.05) is 0 Å². The maximum absolute atomic E-state index is 13.9. The van der Waals surface area contributed by atoms with Gasteiger partial charge in [-0.15, -0.1) is 0 Å².